The number of benzene rings is 2. The smallest absolute Gasteiger partial charge is 0.227 e. The van der Waals surface area contributed by atoms with Gasteiger partial charge in [0.1, 0.15) is 17.6 Å². The predicted molar refractivity (Wildman–Crippen MR) is 120 cm³/mol. The molecule has 0 bridgehead atoms. The average Bonchev–Trinajstić information content (AvgIpc) is 3.28. The van der Waals surface area contributed by atoms with E-state index in [4.69, 9.17) is 9.41 Å². The lowest BCUT2D eigenvalue weighted by Crippen LogP contribution is -2.45. The van der Waals surface area contributed by atoms with Gasteiger partial charge in [-0.25, -0.2) is 0 Å². The number of rotatable bonds is 3. The van der Waals surface area contributed by atoms with E-state index in [9.17, 15) is 9.59 Å². The minimum Gasteiger partial charge on any atom is -0.467 e. The third kappa shape index (κ3) is 3.40. The highest BCUT2D eigenvalue weighted by atomic mass is 16.3. The monoisotopic (exact) mass is 412 g/mol. The number of hydrogen-bond donors (Lipinski definition) is 0. The van der Waals surface area contributed by atoms with Gasteiger partial charge in [0.15, 0.2) is 0 Å². The summed E-state index contributed by atoms with van der Waals surface area (Å²) in [6.45, 7) is 1.84. The summed E-state index contributed by atoms with van der Waals surface area (Å²) >= 11 is 0. The number of Topliss-reactive ketones (excluding diaryl/α,β-unsaturated/α-hetero) is 1. The van der Waals surface area contributed by atoms with E-state index in [2.05, 4.69) is 12.1 Å². The van der Waals surface area contributed by atoms with E-state index in [0.29, 0.717) is 25.0 Å². The molecule has 1 saturated carbocycles. The number of para-hydroxylation sites is 2. The Labute approximate surface area is 181 Å². The molecule has 3 atom stereocenters. The molecule has 0 N–H and O–H groups in total. The summed E-state index contributed by atoms with van der Waals surface area (Å²) in [6, 6.07) is 20.9. The molecule has 1 amide bonds. The Bertz CT molecular complexity index is 1130. The van der Waals surface area contributed by atoms with Crippen LogP contribution in [0.5, 0.6) is 0 Å². The summed E-state index contributed by atoms with van der Waals surface area (Å²) in [7, 11) is 0. The van der Waals surface area contributed by atoms with Crippen LogP contribution in [0.2, 0.25) is 0 Å². The van der Waals surface area contributed by atoms with E-state index >= 15 is 0 Å². The SMILES string of the molecule is CCC(=O)N1c2ccccc2N=C2C[C@@H](c3ccccc3)CC(=O)C2[C@@H]1c1ccco1. The van der Waals surface area contributed by atoms with Crippen LogP contribution in [0.25, 0.3) is 0 Å². The lowest BCUT2D eigenvalue weighted by Gasteiger charge is -2.37. The van der Waals surface area contributed by atoms with Crippen molar-refractivity contribution in [2.75, 3.05) is 4.90 Å². The second-order valence-corrected chi connectivity index (χ2v) is 8.13. The average molecular weight is 412 g/mol. The Balaban J connectivity index is 1.67. The molecule has 0 radical (unpaired) electrons. The third-order valence-corrected chi connectivity index (χ3v) is 6.29. The van der Waals surface area contributed by atoms with Crippen LogP contribution in [0, 0.1) is 5.92 Å². The van der Waals surface area contributed by atoms with Crippen LogP contribution in [0.3, 0.4) is 0 Å². The fourth-order valence-corrected chi connectivity index (χ4v) is 4.87. The summed E-state index contributed by atoms with van der Waals surface area (Å²) in [5.74, 6) is 0.225. The number of fused-ring (bicyclic) bond motifs is 2. The molecule has 1 unspecified atom stereocenters. The topological polar surface area (TPSA) is 62.9 Å². The fraction of sp³-hybridized carbons (Fsp3) is 0.269. The Kier molecular flexibility index (Phi) is 5.02. The lowest BCUT2D eigenvalue weighted by atomic mass is 9.73. The number of nitrogens with zero attached hydrogens (tertiary/aromatic N) is 2. The van der Waals surface area contributed by atoms with Crippen molar-refractivity contribution in [3.63, 3.8) is 0 Å². The molecule has 1 fully saturated rings. The molecule has 1 aliphatic carbocycles. The van der Waals surface area contributed by atoms with Crippen molar-refractivity contribution in [1.82, 2.24) is 0 Å². The zero-order chi connectivity index (χ0) is 21.4. The summed E-state index contributed by atoms with van der Waals surface area (Å²) in [5.41, 5.74) is 3.41. The normalized spacial score (nSPS) is 22.9. The first-order chi connectivity index (χ1) is 15.2. The van der Waals surface area contributed by atoms with Crippen molar-refractivity contribution in [3.8, 4) is 0 Å². The van der Waals surface area contributed by atoms with Crippen molar-refractivity contribution in [3.05, 3.63) is 84.3 Å². The maximum absolute atomic E-state index is 13.6. The molecule has 156 valence electrons. The maximum Gasteiger partial charge on any atom is 0.227 e. The number of amides is 1. The van der Waals surface area contributed by atoms with Gasteiger partial charge in [0.2, 0.25) is 5.91 Å². The number of aliphatic imine (C=N–C) groups is 1. The number of carbonyl (C=O) groups is 2. The lowest BCUT2D eigenvalue weighted by molar-refractivity contribution is -0.123. The predicted octanol–water partition coefficient (Wildman–Crippen LogP) is 5.61. The molecule has 5 rings (SSSR count). The number of ketones is 1. The molecule has 2 heterocycles. The molecule has 1 aromatic heterocycles. The van der Waals surface area contributed by atoms with Crippen molar-refractivity contribution >= 4 is 28.8 Å². The molecular formula is C26H24N2O3. The van der Waals surface area contributed by atoms with Crippen LogP contribution in [-0.4, -0.2) is 17.4 Å². The first-order valence-electron chi connectivity index (χ1n) is 10.8. The zero-order valence-corrected chi connectivity index (χ0v) is 17.4. The van der Waals surface area contributed by atoms with Crippen LogP contribution in [0.1, 0.15) is 49.5 Å². The first kappa shape index (κ1) is 19.5. The van der Waals surface area contributed by atoms with Crippen LogP contribution in [0.4, 0.5) is 11.4 Å². The maximum atomic E-state index is 13.6. The van der Waals surface area contributed by atoms with E-state index < -0.39 is 12.0 Å². The van der Waals surface area contributed by atoms with E-state index in [1.807, 2.05) is 55.5 Å². The number of hydrogen-bond acceptors (Lipinski definition) is 4. The Morgan fingerprint density at radius 3 is 2.55 bits per heavy atom. The van der Waals surface area contributed by atoms with Gasteiger partial charge in [-0.3, -0.25) is 19.5 Å². The van der Waals surface area contributed by atoms with Crippen LogP contribution in [0.15, 0.2) is 82.4 Å². The molecule has 3 aromatic rings. The fourth-order valence-electron chi connectivity index (χ4n) is 4.87. The van der Waals surface area contributed by atoms with Gasteiger partial charge >= 0.3 is 0 Å². The van der Waals surface area contributed by atoms with E-state index in [1.165, 1.54) is 0 Å². The number of furan rings is 1. The van der Waals surface area contributed by atoms with E-state index in [-0.39, 0.29) is 17.6 Å². The molecule has 2 aromatic carbocycles. The van der Waals surface area contributed by atoms with Gasteiger partial charge < -0.3 is 4.42 Å². The molecule has 0 spiro atoms. The second-order valence-electron chi connectivity index (χ2n) is 8.13. The number of carbonyl (C=O) groups excluding carboxylic acids is 2. The largest absolute Gasteiger partial charge is 0.467 e. The van der Waals surface area contributed by atoms with E-state index in [0.717, 1.165) is 22.6 Å². The van der Waals surface area contributed by atoms with E-state index in [1.54, 1.807) is 17.2 Å². The van der Waals surface area contributed by atoms with Crippen LogP contribution < -0.4 is 4.90 Å². The Morgan fingerprint density at radius 1 is 1.03 bits per heavy atom. The molecule has 2 aliphatic rings. The van der Waals surface area contributed by atoms with Gasteiger partial charge in [-0.2, -0.15) is 0 Å². The van der Waals surface area contributed by atoms with Crippen LogP contribution >= 0.6 is 0 Å². The van der Waals surface area contributed by atoms with Gasteiger partial charge in [0, 0.05) is 18.6 Å². The molecule has 5 nitrogen and oxygen atoms in total. The van der Waals surface area contributed by atoms with Crippen molar-refractivity contribution in [2.45, 2.75) is 38.1 Å². The molecule has 5 heteroatoms. The highest BCUT2D eigenvalue weighted by Gasteiger charge is 2.47. The highest BCUT2D eigenvalue weighted by molar-refractivity contribution is 6.13. The van der Waals surface area contributed by atoms with Gasteiger partial charge in [0.25, 0.3) is 0 Å². The number of anilines is 1. The minimum atomic E-state index is -0.533. The second kappa shape index (κ2) is 7.99. The Hall–Kier alpha value is -3.47. The minimum absolute atomic E-state index is 0.0525. The van der Waals surface area contributed by atoms with Crippen molar-refractivity contribution < 1.29 is 14.0 Å². The van der Waals surface area contributed by atoms with Crippen molar-refractivity contribution in [1.29, 1.82) is 0 Å². The van der Waals surface area contributed by atoms with Crippen LogP contribution in [-0.2, 0) is 9.59 Å². The summed E-state index contributed by atoms with van der Waals surface area (Å²) < 4.78 is 5.78. The Morgan fingerprint density at radius 2 is 1.81 bits per heavy atom. The van der Waals surface area contributed by atoms with Gasteiger partial charge in [-0.1, -0.05) is 49.4 Å². The van der Waals surface area contributed by atoms with Gasteiger partial charge in [0.05, 0.1) is 23.6 Å². The quantitative estimate of drug-likeness (QED) is 0.561. The standard InChI is InChI=1S/C26H24N2O3/c1-2-24(30)28-21-12-7-6-11-19(21)27-20-15-18(17-9-4-3-5-10-17)16-22(29)25(20)26(28)23-13-8-14-31-23/h3-14,18,25-26H,2,15-16H2,1H3/t18-,25?,26+/m1/s1. The molecule has 0 saturated heterocycles. The summed E-state index contributed by atoms with van der Waals surface area (Å²) in [4.78, 5) is 33.5. The van der Waals surface area contributed by atoms with Gasteiger partial charge in [-0.05, 0) is 42.2 Å². The molecule has 1 aliphatic heterocycles. The summed E-state index contributed by atoms with van der Waals surface area (Å²) in [6.07, 6.45) is 3.03. The highest BCUT2D eigenvalue weighted by Crippen LogP contribution is 2.47. The third-order valence-electron chi connectivity index (χ3n) is 6.29. The zero-order valence-electron chi connectivity index (χ0n) is 17.4. The van der Waals surface area contributed by atoms with Crippen molar-refractivity contribution in [2.24, 2.45) is 10.9 Å². The molecule has 31 heavy (non-hydrogen) atoms. The first-order valence-corrected chi connectivity index (χ1v) is 10.8. The summed E-state index contributed by atoms with van der Waals surface area (Å²) in [5, 5.41) is 0. The van der Waals surface area contributed by atoms with Gasteiger partial charge in [-0.15, -0.1) is 0 Å². The molecular weight excluding hydrogens is 388 g/mol.